The zero-order valence-corrected chi connectivity index (χ0v) is 24.0. The Morgan fingerprint density at radius 1 is 0.929 bits per heavy atom. The number of hydrogen-bond donors (Lipinski definition) is 3. The molecule has 11 heteroatoms. The van der Waals surface area contributed by atoms with Gasteiger partial charge in [0.2, 0.25) is 0 Å². The fraction of sp³-hybridized carbons (Fsp3) is 0.194. The number of nitrogens with zero attached hydrogens (tertiary/aromatic N) is 2. The van der Waals surface area contributed by atoms with Crippen molar-refractivity contribution in [1.29, 1.82) is 0 Å². The normalized spacial score (nSPS) is 17.5. The minimum atomic E-state index is -4.30. The van der Waals surface area contributed by atoms with Crippen LogP contribution in [-0.4, -0.2) is 45.0 Å². The lowest BCUT2D eigenvalue weighted by atomic mass is 10.0. The van der Waals surface area contributed by atoms with E-state index in [4.69, 9.17) is 4.74 Å². The number of carbonyl (C=O) groups excluding carboxylic acids is 2. The maximum Gasteiger partial charge on any atom is 0.330 e. The Bertz CT molecular complexity index is 1650. The molecule has 2 unspecified atom stereocenters. The molecule has 216 valence electrons. The minimum absolute atomic E-state index is 0.285. The van der Waals surface area contributed by atoms with E-state index in [1.54, 1.807) is 75.1 Å². The highest BCUT2D eigenvalue weighted by Gasteiger charge is 2.63. The van der Waals surface area contributed by atoms with Crippen LogP contribution in [0.5, 0.6) is 5.75 Å². The average Bonchev–Trinajstić information content (AvgIpc) is 3.72. The second-order valence-corrected chi connectivity index (χ2v) is 11.5. The van der Waals surface area contributed by atoms with Gasteiger partial charge in [0.05, 0.1) is 12.8 Å². The summed E-state index contributed by atoms with van der Waals surface area (Å²) in [4.78, 5) is 32.3. The molecule has 3 amide bonds. The molecule has 0 saturated heterocycles. The fourth-order valence-corrected chi connectivity index (χ4v) is 5.75. The number of aromatic nitrogens is 1. The Labute approximate surface area is 244 Å². The lowest BCUT2D eigenvalue weighted by Crippen LogP contribution is -2.55. The summed E-state index contributed by atoms with van der Waals surface area (Å²) in [6.45, 7) is 0. The number of benzene rings is 3. The first-order valence-electron chi connectivity index (χ1n) is 13.3. The van der Waals surface area contributed by atoms with Crippen LogP contribution in [0.4, 0.5) is 16.2 Å². The topological polar surface area (TPSA) is 130 Å². The fourth-order valence-electron chi connectivity index (χ4n) is 4.96. The van der Waals surface area contributed by atoms with Crippen LogP contribution in [0.3, 0.4) is 0 Å². The molecule has 1 fully saturated rings. The van der Waals surface area contributed by atoms with Crippen LogP contribution in [0.25, 0.3) is 0 Å². The van der Waals surface area contributed by atoms with Crippen LogP contribution in [-0.2, 0) is 21.4 Å². The highest BCUT2D eigenvalue weighted by Crippen LogP contribution is 2.52. The summed E-state index contributed by atoms with van der Waals surface area (Å²) in [5.41, 5.74) is 2.48. The van der Waals surface area contributed by atoms with Crippen molar-refractivity contribution in [2.24, 2.45) is 0 Å². The van der Waals surface area contributed by atoms with Gasteiger partial charge >= 0.3 is 16.2 Å². The Hall–Kier alpha value is -4.90. The highest BCUT2D eigenvalue weighted by molar-refractivity contribution is 7.91. The second kappa shape index (κ2) is 11.9. The van der Waals surface area contributed by atoms with Crippen molar-refractivity contribution in [3.05, 3.63) is 120 Å². The lowest BCUT2D eigenvalue weighted by molar-refractivity contribution is -0.121. The lowest BCUT2D eigenvalue weighted by Gasteiger charge is -2.26. The molecule has 1 aliphatic rings. The molecule has 1 aliphatic carbocycles. The summed E-state index contributed by atoms with van der Waals surface area (Å²) in [5.74, 6) is -0.0606. The van der Waals surface area contributed by atoms with E-state index >= 15 is 0 Å². The first-order chi connectivity index (χ1) is 20.2. The van der Waals surface area contributed by atoms with Crippen LogP contribution in [0.1, 0.15) is 29.0 Å². The van der Waals surface area contributed by atoms with Gasteiger partial charge in [-0.05, 0) is 78.1 Å². The predicted octanol–water partition coefficient (Wildman–Crippen LogP) is 4.23. The van der Waals surface area contributed by atoms with Crippen molar-refractivity contribution < 1.29 is 22.7 Å². The van der Waals surface area contributed by atoms with E-state index in [0.717, 1.165) is 16.7 Å². The van der Waals surface area contributed by atoms with Crippen molar-refractivity contribution in [3.63, 3.8) is 0 Å². The molecule has 5 rings (SSSR count). The van der Waals surface area contributed by atoms with Crippen LogP contribution < -0.4 is 24.4 Å². The van der Waals surface area contributed by atoms with E-state index in [1.807, 2.05) is 47.2 Å². The molecule has 3 aromatic carbocycles. The molecular formula is C31H31N5O5S. The molecule has 0 spiro atoms. The largest absolute Gasteiger partial charge is 0.497 e. The van der Waals surface area contributed by atoms with Crippen molar-refractivity contribution in [1.82, 2.24) is 15.0 Å². The van der Waals surface area contributed by atoms with Gasteiger partial charge in [-0.15, -0.1) is 0 Å². The number of amides is 3. The summed E-state index contributed by atoms with van der Waals surface area (Å²) in [6, 6.07) is 25.9. The third kappa shape index (κ3) is 6.52. The van der Waals surface area contributed by atoms with Crippen molar-refractivity contribution in [2.75, 3.05) is 23.8 Å². The number of urea groups is 1. The zero-order chi connectivity index (χ0) is 29.7. The Balaban J connectivity index is 1.28. The molecule has 0 bridgehead atoms. The highest BCUT2D eigenvalue weighted by atomic mass is 32.2. The maximum atomic E-state index is 13.8. The molecule has 1 heterocycles. The van der Waals surface area contributed by atoms with Crippen molar-refractivity contribution >= 4 is 33.5 Å². The standard InChI is InChI=1S/C31H31N5O5S/c1-36(26-12-14-27(41-2)15-13-26)29(37)31(21-28(31)24-6-4-3-5-7-24)33-30(38)35-42(39,40)34-25-10-8-22(9-11-25)20-23-16-18-32-19-17-23/h3-19,28,34H,20-21H2,1-2H3,(H2,33,35,38). The number of nitrogens with one attached hydrogen (secondary N) is 3. The number of methoxy groups -OCH3 is 1. The average molecular weight is 586 g/mol. The quantitative estimate of drug-likeness (QED) is 0.256. The van der Waals surface area contributed by atoms with Crippen molar-refractivity contribution in [2.45, 2.75) is 24.3 Å². The summed E-state index contributed by atoms with van der Waals surface area (Å²) in [6.07, 6.45) is 4.41. The van der Waals surface area contributed by atoms with Gasteiger partial charge < -0.3 is 15.0 Å². The molecule has 3 N–H and O–H groups in total. The molecule has 1 saturated carbocycles. The number of ether oxygens (including phenoxy) is 1. The van der Waals surface area contributed by atoms with E-state index < -0.39 is 21.8 Å². The van der Waals surface area contributed by atoms with Gasteiger partial charge in [-0.25, -0.2) is 9.52 Å². The van der Waals surface area contributed by atoms with E-state index in [0.29, 0.717) is 24.3 Å². The summed E-state index contributed by atoms with van der Waals surface area (Å²) in [7, 11) is -1.13. The van der Waals surface area contributed by atoms with Gasteiger partial charge in [0.1, 0.15) is 11.3 Å². The summed E-state index contributed by atoms with van der Waals surface area (Å²) >= 11 is 0. The first-order valence-corrected chi connectivity index (χ1v) is 14.7. The number of carbonyl (C=O) groups is 2. The van der Waals surface area contributed by atoms with Gasteiger partial charge in [-0.2, -0.15) is 8.42 Å². The Morgan fingerprint density at radius 3 is 2.21 bits per heavy atom. The van der Waals surface area contributed by atoms with Gasteiger partial charge in [0, 0.05) is 31.0 Å². The Morgan fingerprint density at radius 2 is 1.57 bits per heavy atom. The third-order valence-electron chi connectivity index (χ3n) is 7.24. The number of likely N-dealkylation sites (N-methyl/N-ethyl adjacent to an activating group) is 1. The molecule has 4 aromatic rings. The smallest absolute Gasteiger partial charge is 0.330 e. The van der Waals surface area contributed by atoms with E-state index in [1.165, 1.54) is 4.90 Å². The molecule has 10 nitrogen and oxygen atoms in total. The van der Waals surface area contributed by atoms with Gasteiger partial charge in [-0.3, -0.25) is 14.5 Å². The van der Waals surface area contributed by atoms with Crippen LogP contribution >= 0.6 is 0 Å². The Kier molecular flexibility index (Phi) is 8.12. The molecule has 42 heavy (non-hydrogen) atoms. The van der Waals surface area contributed by atoms with Gasteiger partial charge in [0.15, 0.2) is 0 Å². The first kappa shape index (κ1) is 28.6. The molecule has 0 radical (unpaired) electrons. The number of pyridine rings is 1. The number of rotatable bonds is 10. The van der Waals surface area contributed by atoms with Crippen LogP contribution in [0.15, 0.2) is 103 Å². The van der Waals surface area contributed by atoms with E-state index in [9.17, 15) is 18.0 Å². The van der Waals surface area contributed by atoms with Gasteiger partial charge in [0.25, 0.3) is 5.91 Å². The predicted molar refractivity (Wildman–Crippen MR) is 161 cm³/mol. The molecule has 1 aromatic heterocycles. The number of anilines is 2. The zero-order valence-electron chi connectivity index (χ0n) is 23.2. The monoisotopic (exact) mass is 585 g/mol. The summed E-state index contributed by atoms with van der Waals surface area (Å²) < 4.78 is 35.2. The SMILES string of the molecule is COc1ccc(N(C)C(=O)C2(NC(=O)NS(=O)(=O)Nc3ccc(Cc4ccncc4)cc3)CC2c2ccccc2)cc1. The number of hydrogen-bond acceptors (Lipinski definition) is 6. The van der Waals surface area contributed by atoms with E-state index in [2.05, 4.69) is 15.0 Å². The second-order valence-electron chi connectivity index (χ2n) is 10.1. The van der Waals surface area contributed by atoms with Gasteiger partial charge in [-0.1, -0.05) is 42.5 Å². The van der Waals surface area contributed by atoms with Crippen LogP contribution in [0.2, 0.25) is 0 Å². The van der Waals surface area contributed by atoms with Crippen molar-refractivity contribution in [3.8, 4) is 5.75 Å². The molecule has 0 aliphatic heterocycles. The molecule has 2 atom stereocenters. The summed E-state index contributed by atoms with van der Waals surface area (Å²) in [5, 5.41) is 2.68. The minimum Gasteiger partial charge on any atom is -0.497 e. The third-order valence-corrected chi connectivity index (χ3v) is 8.19. The van der Waals surface area contributed by atoms with Crippen LogP contribution in [0, 0.1) is 0 Å². The van der Waals surface area contributed by atoms with E-state index in [-0.39, 0.29) is 17.5 Å². The maximum absolute atomic E-state index is 13.8. The molecular weight excluding hydrogens is 554 g/mol.